The largest absolute Gasteiger partial charge is 0.460 e. The minimum absolute atomic E-state index is 0.104. The summed E-state index contributed by atoms with van der Waals surface area (Å²) in [6.07, 6.45) is -3.00. The van der Waals surface area contributed by atoms with Crippen LogP contribution in [0.2, 0.25) is 0 Å². The fourth-order valence-electron chi connectivity index (χ4n) is 1.74. The third-order valence-corrected chi connectivity index (χ3v) is 3.25. The molecule has 0 aliphatic rings. The van der Waals surface area contributed by atoms with E-state index >= 15 is 0 Å². The Morgan fingerprint density at radius 3 is 1.67 bits per heavy atom. The van der Waals surface area contributed by atoms with Crippen molar-refractivity contribution in [1.82, 2.24) is 5.32 Å². The van der Waals surface area contributed by atoms with Gasteiger partial charge in [0, 0.05) is 6.54 Å². The van der Waals surface area contributed by atoms with E-state index < -0.39 is 36.4 Å². The first-order chi connectivity index (χ1) is 10.7. The molecule has 0 radical (unpaired) electrons. The van der Waals surface area contributed by atoms with Gasteiger partial charge < -0.3 is 5.32 Å². The molecule has 0 rings (SSSR count). The molecule has 24 heavy (non-hydrogen) atoms. The summed E-state index contributed by atoms with van der Waals surface area (Å²) in [7, 11) is 0. The highest BCUT2D eigenvalue weighted by atomic mass is 19.4. The maximum atomic E-state index is 13.2. The molecule has 0 fully saturated rings. The monoisotopic (exact) mass is 375 g/mol. The molecular weight excluding hydrogens is 357 g/mol. The standard InChI is InChI=1S/C13H18F9NO/c1-2-3-4-5-6-7-8-23-9(24)10(14,15)11(16,17)12(18,19)13(20,21)22/h2-8H2,1H3,(H,23,24). The lowest BCUT2D eigenvalue weighted by molar-refractivity contribution is -0.388. The van der Waals surface area contributed by atoms with Crippen molar-refractivity contribution in [3.8, 4) is 0 Å². The molecule has 1 N–H and O–H groups in total. The minimum Gasteiger partial charge on any atom is -0.351 e. The molecule has 0 aliphatic heterocycles. The molecule has 0 atom stereocenters. The molecule has 11 heteroatoms. The van der Waals surface area contributed by atoms with Crippen molar-refractivity contribution in [3.63, 3.8) is 0 Å². The number of nitrogens with one attached hydrogen (secondary N) is 1. The normalized spacial score (nSPS) is 13.9. The summed E-state index contributed by atoms with van der Waals surface area (Å²) in [5.41, 5.74) is 0. The lowest BCUT2D eigenvalue weighted by Gasteiger charge is -2.32. The second-order valence-corrected chi connectivity index (χ2v) is 5.24. The van der Waals surface area contributed by atoms with Crippen LogP contribution in [0.4, 0.5) is 39.5 Å². The van der Waals surface area contributed by atoms with Gasteiger partial charge in [0.2, 0.25) is 0 Å². The summed E-state index contributed by atoms with van der Waals surface area (Å²) >= 11 is 0. The Balaban J connectivity index is 4.72. The number of hydrogen-bond acceptors (Lipinski definition) is 1. The SMILES string of the molecule is CCCCCCCCNC(=O)C(F)(F)C(F)(F)C(F)(F)C(F)(F)F. The Morgan fingerprint density at radius 2 is 1.21 bits per heavy atom. The van der Waals surface area contributed by atoms with Gasteiger partial charge in [-0.05, 0) is 6.42 Å². The third-order valence-electron chi connectivity index (χ3n) is 3.25. The molecule has 0 saturated carbocycles. The first-order valence-corrected chi connectivity index (χ1v) is 7.22. The smallest absolute Gasteiger partial charge is 0.351 e. The lowest BCUT2D eigenvalue weighted by atomic mass is 10.0. The van der Waals surface area contributed by atoms with E-state index in [0.29, 0.717) is 12.8 Å². The highest BCUT2D eigenvalue weighted by molar-refractivity contribution is 5.84. The van der Waals surface area contributed by atoms with Gasteiger partial charge >= 0.3 is 23.9 Å². The van der Waals surface area contributed by atoms with Crippen LogP contribution in [0.1, 0.15) is 45.4 Å². The topological polar surface area (TPSA) is 29.1 Å². The molecule has 0 unspecified atom stereocenters. The number of hydrogen-bond donors (Lipinski definition) is 1. The Morgan fingerprint density at radius 1 is 0.750 bits per heavy atom. The van der Waals surface area contributed by atoms with Crippen LogP contribution in [0.25, 0.3) is 0 Å². The van der Waals surface area contributed by atoms with Crippen molar-refractivity contribution in [1.29, 1.82) is 0 Å². The molecule has 0 bridgehead atoms. The van der Waals surface area contributed by atoms with Crippen LogP contribution in [0, 0.1) is 0 Å². The zero-order chi connectivity index (χ0) is 19.2. The summed E-state index contributed by atoms with van der Waals surface area (Å²) in [6.45, 7) is 1.41. The summed E-state index contributed by atoms with van der Waals surface area (Å²) in [5, 5.41) is 1.27. The number of rotatable bonds is 10. The number of alkyl halides is 9. The Labute approximate surface area is 132 Å². The van der Waals surface area contributed by atoms with E-state index in [0.717, 1.165) is 19.3 Å². The van der Waals surface area contributed by atoms with Gasteiger partial charge in [-0.1, -0.05) is 39.0 Å². The molecule has 2 nitrogen and oxygen atoms in total. The van der Waals surface area contributed by atoms with E-state index in [1.165, 1.54) is 5.32 Å². The molecule has 144 valence electrons. The predicted molar refractivity (Wildman–Crippen MR) is 67.3 cm³/mol. The molecule has 0 spiro atoms. The number of amides is 1. The second-order valence-electron chi connectivity index (χ2n) is 5.24. The van der Waals surface area contributed by atoms with Crippen LogP contribution in [0.5, 0.6) is 0 Å². The van der Waals surface area contributed by atoms with Crippen molar-refractivity contribution in [2.45, 2.75) is 69.4 Å². The van der Waals surface area contributed by atoms with E-state index in [-0.39, 0.29) is 6.42 Å². The van der Waals surface area contributed by atoms with Crippen LogP contribution >= 0.6 is 0 Å². The van der Waals surface area contributed by atoms with Crippen LogP contribution < -0.4 is 5.32 Å². The van der Waals surface area contributed by atoms with Crippen LogP contribution in [0.3, 0.4) is 0 Å². The van der Waals surface area contributed by atoms with E-state index in [1.807, 2.05) is 6.92 Å². The third kappa shape index (κ3) is 4.92. The Hall–Kier alpha value is -1.16. The van der Waals surface area contributed by atoms with Gasteiger partial charge in [0.25, 0.3) is 5.91 Å². The van der Waals surface area contributed by atoms with Gasteiger partial charge in [-0.3, -0.25) is 4.79 Å². The van der Waals surface area contributed by atoms with Crippen LogP contribution in [-0.4, -0.2) is 36.4 Å². The van der Waals surface area contributed by atoms with Gasteiger partial charge in [-0.15, -0.1) is 0 Å². The maximum Gasteiger partial charge on any atom is 0.460 e. The zero-order valence-electron chi connectivity index (χ0n) is 12.8. The highest BCUT2D eigenvalue weighted by Gasteiger charge is 2.83. The Bertz CT molecular complexity index is 407. The average Bonchev–Trinajstić information content (AvgIpc) is 2.44. The molecule has 0 saturated heterocycles. The predicted octanol–water partition coefficient (Wildman–Crippen LogP) is 4.93. The van der Waals surface area contributed by atoms with Crippen molar-refractivity contribution >= 4 is 5.91 Å². The quantitative estimate of drug-likeness (QED) is 0.426. The van der Waals surface area contributed by atoms with E-state index in [1.54, 1.807) is 0 Å². The molecule has 0 aromatic rings. The zero-order valence-corrected chi connectivity index (χ0v) is 12.8. The van der Waals surface area contributed by atoms with E-state index in [9.17, 15) is 44.3 Å². The van der Waals surface area contributed by atoms with Gasteiger partial charge in [0.15, 0.2) is 0 Å². The fraction of sp³-hybridized carbons (Fsp3) is 0.923. The molecule has 0 aromatic heterocycles. The first-order valence-electron chi connectivity index (χ1n) is 7.22. The highest BCUT2D eigenvalue weighted by Crippen LogP contribution is 2.53. The molecule has 1 amide bonds. The maximum absolute atomic E-state index is 13.2. The number of carbonyl (C=O) groups excluding carboxylic acids is 1. The average molecular weight is 375 g/mol. The second kappa shape index (κ2) is 8.28. The van der Waals surface area contributed by atoms with Crippen molar-refractivity contribution in [2.24, 2.45) is 0 Å². The molecule has 0 aliphatic carbocycles. The van der Waals surface area contributed by atoms with Gasteiger partial charge in [0.05, 0.1) is 0 Å². The number of halogens is 9. The first kappa shape index (κ1) is 22.8. The van der Waals surface area contributed by atoms with E-state index in [2.05, 4.69) is 0 Å². The van der Waals surface area contributed by atoms with E-state index in [4.69, 9.17) is 0 Å². The van der Waals surface area contributed by atoms with Gasteiger partial charge in [0.1, 0.15) is 0 Å². The van der Waals surface area contributed by atoms with Crippen molar-refractivity contribution < 1.29 is 44.3 Å². The van der Waals surface area contributed by atoms with Crippen molar-refractivity contribution in [3.05, 3.63) is 0 Å². The summed E-state index contributed by atoms with van der Waals surface area (Å²) < 4.78 is 113. The fourth-order valence-corrected chi connectivity index (χ4v) is 1.74. The summed E-state index contributed by atoms with van der Waals surface area (Å²) in [6, 6.07) is 0. The summed E-state index contributed by atoms with van der Waals surface area (Å²) in [4.78, 5) is 11.0. The van der Waals surface area contributed by atoms with Gasteiger partial charge in [-0.2, -0.15) is 39.5 Å². The molecule has 0 aromatic carbocycles. The molecule has 0 heterocycles. The minimum atomic E-state index is -7.05. The van der Waals surface area contributed by atoms with Crippen molar-refractivity contribution in [2.75, 3.05) is 6.54 Å². The van der Waals surface area contributed by atoms with Crippen LogP contribution in [0.15, 0.2) is 0 Å². The number of unbranched alkanes of at least 4 members (excludes halogenated alkanes) is 5. The Kier molecular flexibility index (Phi) is 7.88. The van der Waals surface area contributed by atoms with Gasteiger partial charge in [-0.25, -0.2) is 0 Å². The lowest BCUT2D eigenvalue weighted by Crippen LogP contribution is -2.65. The van der Waals surface area contributed by atoms with Crippen LogP contribution in [-0.2, 0) is 4.79 Å². The molecular formula is C13H18F9NO. The summed E-state index contributed by atoms with van der Waals surface area (Å²) in [5.74, 6) is -23.1. The number of carbonyl (C=O) groups is 1.